The molecule has 1 amide bonds. The van der Waals surface area contributed by atoms with Gasteiger partial charge in [-0.05, 0) is 27.2 Å². The van der Waals surface area contributed by atoms with Crippen LogP contribution in [0.2, 0.25) is 0 Å². The molecule has 8 nitrogen and oxygen atoms in total. The molecule has 1 aromatic rings. The molecule has 0 saturated heterocycles. The number of aromatic nitrogens is 1. The predicted octanol–water partition coefficient (Wildman–Crippen LogP) is 2.93. The number of nitrogens with one attached hydrogen (secondary N) is 2. The van der Waals surface area contributed by atoms with Crippen molar-refractivity contribution in [3.8, 4) is 0 Å². The molecule has 1 heterocycles. The second-order valence-corrected chi connectivity index (χ2v) is 5.05. The maximum atomic E-state index is 12.3. The number of anilines is 3. The van der Waals surface area contributed by atoms with Crippen molar-refractivity contribution in [1.29, 1.82) is 0 Å². The Morgan fingerprint density at radius 3 is 2.38 bits per heavy atom. The third kappa shape index (κ3) is 5.00. The van der Waals surface area contributed by atoms with E-state index < -0.39 is 12.1 Å². The van der Waals surface area contributed by atoms with Crippen molar-refractivity contribution in [1.82, 2.24) is 4.98 Å². The minimum Gasteiger partial charge on any atom is -0.462 e. The Hall–Kier alpha value is -2.51. The Labute approximate surface area is 142 Å². The van der Waals surface area contributed by atoms with Crippen molar-refractivity contribution < 1.29 is 19.1 Å². The predicted molar refractivity (Wildman–Crippen MR) is 93.4 cm³/mol. The number of rotatable bonds is 8. The third-order valence-corrected chi connectivity index (χ3v) is 3.22. The van der Waals surface area contributed by atoms with Crippen LogP contribution in [0.25, 0.3) is 0 Å². The second kappa shape index (κ2) is 9.59. The topological polar surface area (TPSA) is 116 Å². The number of esters is 1. The maximum absolute atomic E-state index is 12.3. The number of carbonyl (C=O) groups excluding carboxylic acids is 2. The van der Waals surface area contributed by atoms with Crippen molar-refractivity contribution in [3.63, 3.8) is 0 Å². The van der Waals surface area contributed by atoms with E-state index in [-0.39, 0.29) is 30.3 Å². The molecule has 0 atom stereocenters. The molecule has 8 heteroatoms. The van der Waals surface area contributed by atoms with Crippen LogP contribution in [0.4, 0.5) is 22.0 Å². The van der Waals surface area contributed by atoms with Crippen LogP contribution in [0.1, 0.15) is 49.7 Å². The molecule has 0 saturated carbocycles. The van der Waals surface area contributed by atoms with Gasteiger partial charge in [0.2, 0.25) is 0 Å². The molecule has 0 bridgehead atoms. The summed E-state index contributed by atoms with van der Waals surface area (Å²) in [6.07, 6.45) is 1.20. The zero-order valence-electron chi connectivity index (χ0n) is 14.7. The van der Waals surface area contributed by atoms with Crippen LogP contribution in [0.15, 0.2) is 0 Å². The molecule has 0 aliphatic heterocycles. The number of aryl methyl sites for hydroxylation is 1. The van der Waals surface area contributed by atoms with Crippen molar-refractivity contribution in [2.24, 2.45) is 0 Å². The Bertz CT molecular complexity index is 590. The van der Waals surface area contributed by atoms with Gasteiger partial charge in [-0.15, -0.1) is 0 Å². The van der Waals surface area contributed by atoms with Gasteiger partial charge in [-0.2, -0.15) is 0 Å². The Kier molecular flexibility index (Phi) is 7.81. The van der Waals surface area contributed by atoms with E-state index in [2.05, 4.69) is 22.5 Å². The fourth-order valence-electron chi connectivity index (χ4n) is 2.14. The number of nitrogen functional groups attached to an aromatic ring is 1. The van der Waals surface area contributed by atoms with Crippen molar-refractivity contribution >= 4 is 29.3 Å². The van der Waals surface area contributed by atoms with Crippen LogP contribution in [0.5, 0.6) is 0 Å². The fourth-order valence-corrected chi connectivity index (χ4v) is 2.14. The first kappa shape index (κ1) is 19.5. The third-order valence-electron chi connectivity index (χ3n) is 3.22. The van der Waals surface area contributed by atoms with E-state index in [1.165, 1.54) is 0 Å². The van der Waals surface area contributed by atoms with E-state index in [4.69, 9.17) is 15.2 Å². The molecule has 0 radical (unpaired) electrons. The average molecular weight is 338 g/mol. The van der Waals surface area contributed by atoms with E-state index in [1.807, 2.05) is 0 Å². The van der Waals surface area contributed by atoms with Gasteiger partial charge in [0.05, 0.1) is 24.6 Å². The zero-order valence-corrected chi connectivity index (χ0v) is 14.7. The largest absolute Gasteiger partial charge is 0.462 e. The first-order chi connectivity index (χ1) is 11.5. The number of hydrogen-bond donors (Lipinski definition) is 3. The van der Waals surface area contributed by atoms with Crippen LogP contribution < -0.4 is 16.4 Å². The molecule has 0 spiro atoms. The Balaban J connectivity index is 3.34. The van der Waals surface area contributed by atoms with Gasteiger partial charge in [-0.25, -0.2) is 14.6 Å². The lowest BCUT2D eigenvalue weighted by Crippen LogP contribution is -2.21. The highest BCUT2D eigenvalue weighted by Gasteiger charge is 2.24. The summed E-state index contributed by atoms with van der Waals surface area (Å²) in [5.74, 6) is -0.416. The van der Waals surface area contributed by atoms with Crippen LogP contribution in [0, 0.1) is 6.92 Å². The zero-order chi connectivity index (χ0) is 18.1. The van der Waals surface area contributed by atoms with E-state index >= 15 is 0 Å². The summed E-state index contributed by atoms with van der Waals surface area (Å²) in [5, 5.41) is 5.71. The number of amides is 1. The van der Waals surface area contributed by atoms with E-state index in [0.717, 1.165) is 12.8 Å². The lowest BCUT2D eigenvalue weighted by molar-refractivity contribution is 0.0526. The molecule has 0 aliphatic rings. The first-order valence-electron chi connectivity index (χ1n) is 8.10. The first-order valence-corrected chi connectivity index (χ1v) is 8.10. The number of nitrogens with zero attached hydrogens (tertiary/aromatic N) is 1. The van der Waals surface area contributed by atoms with Gasteiger partial charge in [0.1, 0.15) is 17.1 Å². The smallest absolute Gasteiger partial charge is 0.411 e. The molecule has 1 rings (SSSR count). The summed E-state index contributed by atoms with van der Waals surface area (Å²) in [6.45, 7) is 8.20. The van der Waals surface area contributed by atoms with E-state index in [0.29, 0.717) is 17.9 Å². The Morgan fingerprint density at radius 2 is 1.79 bits per heavy atom. The van der Waals surface area contributed by atoms with Gasteiger partial charge in [0.15, 0.2) is 0 Å². The SMILES string of the molecule is CCCCNc1c(NC(=O)OCC)c(N)nc(C)c1C(=O)OCC. The van der Waals surface area contributed by atoms with Crippen LogP contribution in [-0.2, 0) is 9.47 Å². The molecular weight excluding hydrogens is 312 g/mol. The van der Waals surface area contributed by atoms with Gasteiger partial charge in [0, 0.05) is 6.54 Å². The number of pyridine rings is 1. The maximum Gasteiger partial charge on any atom is 0.411 e. The normalized spacial score (nSPS) is 10.2. The highest BCUT2D eigenvalue weighted by Crippen LogP contribution is 2.33. The molecule has 0 fully saturated rings. The lowest BCUT2D eigenvalue weighted by Gasteiger charge is -2.19. The standard InChI is InChI=1S/C16H26N4O4/c1-5-8-9-18-12-11(15(21)23-6-2)10(4)19-14(17)13(12)20-16(22)24-7-3/h5-9H2,1-4H3,(H,20,22)(H3,17,18,19). The summed E-state index contributed by atoms with van der Waals surface area (Å²) < 4.78 is 9.98. The van der Waals surface area contributed by atoms with Gasteiger partial charge in [0.25, 0.3) is 0 Å². The quantitative estimate of drug-likeness (QED) is 0.493. The second-order valence-electron chi connectivity index (χ2n) is 5.05. The molecule has 4 N–H and O–H groups in total. The lowest BCUT2D eigenvalue weighted by atomic mass is 10.1. The van der Waals surface area contributed by atoms with Gasteiger partial charge >= 0.3 is 12.1 Å². The fraction of sp³-hybridized carbons (Fsp3) is 0.562. The molecule has 0 unspecified atom stereocenters. The summed E-state index contributed by atoms with van der Waals surface area (Å²) in [7, 11) is 0. The molecule has 1 aromatic heterocycles. The highest BCUT2D eigenvalue weighted by molar-refractivity contribution is 6.05. The Morgan fingerprint density at radius 1 is 1.12 bits per heavy atom. The molecular formula is C16H26N4O4. The summed E-state index contributed by atoms with van der Waals surface area (Å²) in [6, 6.07) is 0. The highest BCUT2D eigenvalue weighted by atomic mass is 16.5. The molecule has 0 aliphatic carbocycles. The summed E-state index contributed by atoms with van der Waals surface area (Å²) in [5.41, 5.74) is 7.25. The van der Waals surface area contributed by atoms with Crippen LogP contribution >= 0.6 is 0 Å². The van der Waals surface area contributed by atoms with Gasteiger partial charge in [-0.3, -0.25) is 5.32 Å². The summed E-state index contributed by atoms with van der Waals surface area (Å²) in [4.78, 5) is 28.2. The number of nitrogens with two attached hydrogens (primary N) is 1. The van der Waals surface area contributed by atoms with Crippen molar-refractivity contribution in [2.75, 3.05) is 36.1 Å². The van der Waals surface area contributed by atoms with Crippen LogP contribution in [-0.4, -0.2) is 36.8 Å². The monoisotopic (exact) mass is 338 g/mol. The summed E-state index contributed by atoms with van der Waals surface area (Å²) >= 11 is 0. The van der Waals surface area contributed by atoms with Gasteiger partial charge < -0.3 is 20.5 Å². The van der Waals surface area contributed by atoms with E-state index in [1.54, 1.807) is 20.8 Å². The minimum atomic E-state index is -0.664. The molecule has 0 aromatic carbocycles. The van der Waals surface area contributed by atoms with Crippen molar-refractivity contribution in [2.45, 2.75) is 40.5 Å². The number of hydrogen-bond acceptors (Lipinski definition) is 7. The average Bonchev–Trinajstić information content (AvgIpc) is 2.51. The van der Waals surface area contributed by atoms with E-state index in [9.17, 15) is 9.59 Å². The van der Waals surface area contributed by atoms with Crippen LogP contribution in [0.3, 0.4) is 0 Å². The van der Waals surface area contributed by atoms with Crippen molar-refractivity contribution in [3.05, 3.63) is 11.3 Å². The number of carbonyl (C=O) groups is 2. The number of ether oxygens (including phenoxy) is 2. The molecule has 134 valence electrons. The minimum absolute atomic E-state index is 0.104. The molecule has 24 heavy (non-hydrogen) atoms. The number of unbranched alkanes of at least 4 members (excludes halogenated alkanes) is 1. The van der Waals surface area contributed by atoms with Gasteiger partial charge in [-0.1, -0.05) is 13.3 Å².